The van der Waals surface area contributed by atoms with E-state index in [-0.39, 0.29) is 26.0 Å². The fraction of sp³-hybridized carbons (Fsp3) is 0.355. The van der Waals surface area contributed by atoms with Gasteiger partial charge in [0.1, 0.15) is 17.7 Å². The Morgan fingerprint density at radius 1 is 1.00 bits per heavy atom. The van der Waals surface area contributed by atoms with Gasteiger partial charge >= 0.3 is 12.1 Å². The lowest BCUT2D eigenvalue weighted by atomic mass is 10.00. The van der Waals surface area contributed by atoms with E-state index in [0.717, 1.165) is 10.5 Å². The predicted molar refractivity (Wildman–Crippen MR) is 150 cm³/mol. The summed E-state index contributed by atoms with van der Waals surface area (Å²) < 4.78 is 10.3. The normalized spacial score (nSPS) is 12.1. The van der Waals surface area contributed by atoms with E-state index in [1.807, 2.05) is 6.07 Å². The number of esters is 1. The van der Waals surface area contributed by atoms with Crippen molar-refractivity contribution < 1.29 is 28.7 Å². The van der Waals surface area contributed by atoms with Crippen LogP contribution in [0.1, 0.15) is 56.8 Å². The minimum absolute atomic E-state index is 0.0349. The van der Waals surface area contributed by atoms with Crippen LogP contribution < -0.4 is 10.6 Å². The van der Waals surface area contributed by atoms with Crippen molar-refractivity contribution in [1.29, 1.82) is 0 Å². The van der Waals surface area contributed by atoms with E-state index >= 15 is 0 Å². The molecule has 2 N–H and O–H groups in total. The van der Waals surface area contributed by atoms with Crippen molar-refractivity contribution in [3.8, 4) is 24.8 Å². The third kappa shape index (κ3) is 9.85. The van der Waals surface area contributed by atoms with Crippen LogP contribution in [0.3, 0.4) is 0 Å². The predicted octanol–water partition coefficient (Wildman–Crippen LogP) is 3.33. The first-order chi connectivity index (χ1) is 19.0. The largest absolute Gasteiger partial charge is 0.466 e. The van der Waals surface area contributed by atoms with Crippen molar-refractivity contribution in [1.82, 2.24) is 15.5 Å². The van der Waals surface area contributed by atoms with Gasteiger partial charge in [-0.05, 0) is 51.0 Å². The van der Waals surface area contributed by atoms with Crippen molar-refractivity contribution in [2.24, 2.45) is 0 Å². The summed E-state index contributed by atoms with van der Waals surface area (Å²) >= 11 is 0. The highest BCUT2D eigenvalue weighted by molar-refractivity contribution is 5.93. The number of carbonyl (C=O) groups excluding carboxylic acids is 4. The van der Waals surface area contributed by atoms with Gasteiger partial charge in [0.2, 0.25) is 5.91 Å². The highest BCUT2D eigenvalue weighted by atomic mass is 16.6. The summed E-state index contributed by atoms with van der Waals surface area (Å²) in [5.41, 5.74) is 0.894. The van der Waals surface area contributed by atoms with Crippen LogP contribution in [0.2, 0.25) is 0 Å². The van der Waals surface area contributed by atoms with E-state index in [4.69, 9.17) is 22.3 Å². The van der Waals surface area contributed by atoms with Gasteiger partial charge in [-0.3, -0.25) is 19.3 Å². The molecule has 2 unspecified atom stereocenters. The van der Waals surface area contributed by atoms with Crippen LogP contribution in [0, 0.1) is 24.8 Å². The lowest BCUT2D eigenvalue weighted by molar-refractivity contribution is -0.143. The zero-order valence-corrected chi connectivity index (χ0v) is 23.2. The Labute approximate surface area is 235 Å². The first-order valence-corrected chi connectivity index (χ1v) is 12.8. The number of benzene rings is 2. The summed E-state index contributed by atoms with van der Waals surface area (Å²) in [6.45, 7) is 6.96. The van der Waals surface area contributed by atoms with E-state index in [9.17, 15) is 19.2 Å². The van der Waals surface area contributed by atoms with Crippen LogP contribution in [-0.2, 0) is 30.3 Å². The monoisotopic (exact) mass is 545 g/mol. The zero-order chi connectivity index (χ0) is 29.7. The van der Waals surface area contributed by atoms with Crippen LogP contribution in [0.4, 0.5) is 4.79 Å². The Kier molecular flexibility index (Phi) is 11.8. The summed E-state index contributed by atoms with van der Waals surface area (Å²) in [5, 5.41) is 5.25. The fourth-order valence-electron chi connectivity index (χ4n) is 3.73. The molecule has 0 heterocycles. The molecule has 9 heteroatoms. The van der Waals surface area contributed by atoms with Crippen molar-refractivity contribution in [2.45, 2.75) is 58.2 Å². The molecular weight excluding hydrogens is 510 g/mol. The second-order valence-corrected chi connectivity index (χ2v) is 9.74. The number of hydrogen-bond acceptors (Lipinski definition) is 6. The molecule has 210 valence electrons. The van der Waals surface area contributed by atoms with Crippen LogP contribution in [0.25, 0.3) is 0 Å². The molecule has 2 rings (SSSR count). The lowest BCUT2D eigenvalue weighted by Crippen LogP contribution is -2.52. The number of alkyl carbamates (subject to hydrolysis) is 1. The summed E-state index contributed by atoms with van der Waals surface area (Å²) in [7, 11) is 0. The summed E-state index contributed by atoms with van der Waals surface area (Å²) in [6.07, 6.45) is 10.5. The van der Waals surface area contributed by atoms with Crippen LogP contribution in [0.15, 0.2) is 54.6 Å². The van der Waals surface area contributed by atoms with Gasteiger partial charge in [0.25, 0.3) is 5.91 Å². The maximum Gasteiger partial charge on any atom is 0.408 e. The molecule has 40 heavy (non-hydrogen) atoms. The van der Waals surface area contributed by atoms with Crippen molar-refractivity contribution in [2.75, 3.05) is 13.2 Å². The molecule has 3 amide bonds. The molecule has 0 aromatic heterocycles. The van der Waals surface area contributed by atoms with Gasteiger partial charge in [-0.2, -0.15) is 0 Å². The number of rotatable bonds is 11. The number of amides is 3. The van der Waals surface area contributed by atoms with Crippen molar-refractivity contribution in [3.63, 3.8) is 0 Å². The van der Waals surface area contributed by atoms with E-state index in [1.165, 1.54) is 0 Å². The zero-order valence-electron chi connectivity index (χ0n) is 23.2. The average molecular weight is 546 g/mol. The lowest BCUT2D eigenvalue weighted by Gasteiger charge is -2.30. The minimum Gasteiger partial charge on any atom is -0.466 e. The molecule has 2 aromatic carbocycles. The molecule has 0 saturated heterocycles. The molecule has 0 aliphatic carbocycles. The molecular formula is C31H35N3O6. The minimum atomic E-state index is -1.29. The third-order valence-corrected chi connectivity index (χ3v) is 5.48. The van der Waals surface area contributed by atoms with Gasteiger partial charge < -0.3 is 20.1 Å². The molecule has 0 radical (unpaired) electrons. The van der Waals surface area contributed by atoms with Gasteiger partial charge in [0, 0.05) is 24.6 Å². The molecule has 0 fully saturated rings. The van der Waals surface area contributed by atoms with E-state index < -0.39 is 41.6 Å². The smallest absolute Gasteiger partial charge is 0.408 e. The van der Waals surface area contributed by atoms with Crippen LogP contribution in [0.5, 0.6) is 0 Å². The van der Waals surface area contributed by atoms with Crippen LogP contribution in [-0.4, -0.2) is 53.6 Å². The standard InChI is InChI=1S/C31H35N3O6/c1-7-22-15-17-24(18-16-22)27(28(36)32-20-19-26(35)39-9-3)34(8-2)29(37)25(21-23-13-11-10-12-14-23)33-30(38)40-31(4,5)6/h1-2,10-18,25,27H,9,19-21H2,3-6H3,(H,32,36)(H,33,38). The maximum absolute atomic E-state index is 13.9. The average Bonchev–Trinajstić information content (AvgIpc) is 2.90. The Morgan fingerprint density at radius 2 is 1.65 bits per heavy atom. The van der Waals surface area contributed by atoms with Gasteiger partial charge in [0.05, 0.1) is 13.0 Å². The maximum atomic E-state index is 13.9. The highest BCUT2D eigenvalue weighted by Gasteiger charge is 2.36. The molecule has 9 nitrogen and oxygen atoms in total. The summed E-state index contributed by atoms with van der Waals surface area (Å²) in [5.74, 6) is 0.689. The molecule has 0 saturated carbocycles. The number of terminal acetylenes is 2. The Balaban J connectivity index is 2.43. The fourth-order valence-corrected chi connectivity index (χ4v) is 3.73. The van der Waals surface area contributed by atoms with Gasteiger partial charge in [-0.15, -0.1) is 6.42 Å². The first kappa shape index (κ1) is 31.5. The first-order valence-electron chi connectivity index (χ1n) is 12.8. The van der Waals surface area contributed by atoms with E-state index in [1.54, 1.807) is 76.2 Å². The third-order valence-electron chi connectivity index (χ3n) is 5.48. The van der Waals surface area contributed by atoms with Crippen molar-refractivity contribution >= 4 is 23.9 Å². The quantitative estimate of drug-likeness (QED) is 0.254. The number of nitrogens with one attached hydrogen (secondary N) is 2. The SMILES string of the molecule is C#Cc1ccc(C(C(=O)NCCC(=O)OCC)N(C#C)C(=O)C(Cc2ccccc2)NC(=O)OC(C)(C)C)cc1. The summed E-state index contributed by atoms with van der Waals surface area (Å²) in [4.78, 5) is 52.7. The number of nitrogens with zero attached hydrogens (tertiary/aromatic N) is 1. The summed E-state index contributed by atoms with van der Waals surface area (Å²) in [6, 6.07) is 15.3. The van der Waals surface area contributed by atoms with Crippen molar-refractivity contribution in [3.05, 3.63) is 71.3 Å². The molecule has 2 aromatic rings. The number of hydrogen-bond donors (Lipinski definition) is 2. The molecule has 0 aliphatic heterocycles. The van der Waals surface area contributed by atoms with Gasteiger partial charge in [0.15, 0.2) is 0 Å². The van der Waals surface area contributed by atoms with Gasteiger partial charge in [-0.25, -0.2) is 4.79 Å². The topological polar surface area (TPSA) is 114 Å². The second-order valence-electron chi connectivity index (χ2n) is 9.74. The number of ether oxygens (including phenoxy) is 2. The number of carbonyl (C=O) groups is 4. The Morgan fingerprint density at radius 3 is 2.20 bits per heavy atom. The molecule has 0 bridgehead atoms. The Bertz CT molecular complexity index is 1250. The molecule has 0 aliphatic rings. The van der Waals surface area contributed by atoms with Gasteiger partial charge in [-0.1, -0.05) is 54.8 Å². The second kappa shape index (κ2) is 15.0. The van der Waals surface area contributed by atoms with E-state index in [2.05, 4.69) is 22.6 Å². The van der Waals surface area contributed by atoms with E-state index in [0.29, 0.717) is 11.1 Å². The van der Waals surface area contributed by atoms with Crippen LogP contribution >= 0.6 is 0 Å². The highest BCUT2D eigenvalue weighted by Crippen LogP contribution is 2.23. The molecule has 2 atom stereocenters. The Hall–Kier alpha value is -4.76. The molecule has 0 spiro atoms.